The molecular weight excluding hydrogens is 476 g/mol. The molecule has 0 saturated heterocycles. The lowest BCUT2D eigenvalue weighted by molar-refractivity contribution is -0.335. The summed E-state index contributed by atoms with van der Waals surface area (Å²) in [6.45, 7) is 20.7. The summed E-state index contributed by atoms with van der Waals surface area (Å²) in [6.07, 6.45) is 15.2. The molecule has 0 radical (unpaired) electrons. The monoisotopic (exact) mass is 532 g/mol. The first-order valence-electron chi connectivity index (χ1n) is 16.2. The highest BCUT2D eigenvalue weighted by Crippen LogP contribution is 2.76. The van der Waals surface area contributed by atoms with Crippen molar-refractivity contribution in [1.29, 1.82) is 0 Å². The van der Waals surface area contributed by atoms with Crippen LogP contribution in [0.2, 0.25) is 0 Å². The van der Waals surface area contributed by atoms with Crippen molar-refractivity contribution >= 4 is 0 Å². The molecule has 0 heterocycles. The largest absolute Gasteiger partial charge is 0.365 e. The molecular formula is C37H56O2. The van der Waals surface area contributed by atoms with Gasteiger partial charge in [-0.05, 0) is 108 Å². The van der Waals surface area contributed by atoms with Gasteiger partial charge in [0.1, 0.15) is 0 Å². The number of allylic oxidation sites excluding steroid dienone is 2. The summed E-state index contributed by atoms with van der Waals surface area (Å²) in [5.41, 5.74) is 4.48. The smallest absolute Gasteiger partial charge is 0.171 e. The number of fused-ring (bicyclic) bond motifs is 7. The Bertz CT molecular complexity index is 1130. The molecule has 0 amide bonds. The highest BCUT2D eigenvalue weighted by atomic mass is 16.6. The van der Waals surface area contributed by atoms with Gasteiger partial charge in [-0.2, -0.15) is 0 Å². The summed E-state index contributed by atoms with van der Waals surface area (Å²) in [7, 11) is 0. The van der Waals surface area contributed by atoms with Crippen LogP contribution in [-0.4, -0.2) is 10.9 Å². The average Bonchev–Trinajstić information content (AvgIpc) is 2.88. The number of ether oxygens (including phenoxy) is 1. The van der Waals surface area contributed by atoms with Crippen LogP contribution < -0.4 is 0 Å². The van der Waals surface area contributed by atoms with E-state index in [0.717, 1.165) is 24.3 Å². The molecule has 39 heavy (non-hydrogen) atoms. The molecule has 5 aliphatic carbocycles. The van der Waals surface area contributed by atoms with E-state index >= 15 is 0 Å². The van der Waals surface area contributed by atoms with Crippen molar-refractivity contribution in [2.75, 3.05) is 0 Å². The maximum Gasteiger partial charge on any atom is 0.171 e. The van der Waals surface area contributed by atoms with Gasteiger partial charge in [-0.3, -0.25) is 0 Å². The Hall–Kier alpha value is -1.12. The van der Waals surface area contributed by atoms with Gasteiger partial charge in [-0.25, -0.2) is 0 Å². The van der Waals surface area contributed by atoms with Crippen molar-refractivity contribution in [3.8, 4) is 0 Å². The first-order chi connectivity index (χ1) is 18.1. The summed E-state index contributed by atoms with van der Waals surface area (Å²) >= 11 is 0. The maximum atomic E-state index is 12.1. The second-order valence-electron chi connectivity index (χ2n) is 17.1. The predicted molar refractivity (Wildman–Crippen MR) is 161 cm³/mol. The lowest BCUT2D eigenvalue weighted by Crippen LogP contribution is -2.67. The fraction of sp³-hybridized carbons (Fsp3) is 0.784. The molecule has 1 unspecified atom stereocenters. The van der Waals surface area contributed by atoms with Gasteiger partial charge in [-0.15, -0.1) is 0 Å². The Labute approximate surface area is 239 Å². The summed E-state index contributed by atoms with van der Waals surface area (Å²) in [4.78, 5) is 0. The average molecular weight is 533 g/mol. The highest BCUT2D eigenvalue weighted by molar-refractivity contribution is 5.33. The van der Waals surface area contributed by atoms with Crippen LogP contribution in [0.4, 0.5) is 0 Å². The van der Waals surface area contributed by atoms with Crippen LogP contribution in [0.25, 0.3) is 0 Å². The van der Waals surface area contributed by atoms with E-state index in [-0.39, 0.29) is 10.8 Å². The molecule has 1 aromatic carbocycles. The van der Waals surface area contributed by atoms with Gasteiger partial charge in [0.2, 0.25) is 0 Å². The van der Waals surface area contributed by atoms with E-state index < -0.39 is 5.79 Å². The first kappa shape index (κ1) is 28.0. The normalized spacial score (nSPS) is 48.1. The van der Waals surface area contributed by atoms with Gasteiger partial charge >= 0.3 is 0 Å². The van der Waals surface area contributed by atoms with Crippen LogP contribution in [0.1, 0.15) is 125 Å². The van der Waals surface area contributed by atoms with Crippen LogP contribution in [0.15, 0.2) is 42.0 Å². The number of aliphatic hydroxyl groups is 1. The van der Waals surface area contributed by atoms with Gasteiger partial charge in [0.25, 0.3) is 0 Å². The van der Waals surface area contributed by atoms with Gasteiger partial charge in [0, 0.05) is 11.8 Å². The third-order valence-corrected chi connectivity index (χ3v) is 14.5. The zero-order valence-corrected chi connectivity index (χ0v) is 26.3. The zero-order chi connectivity index (χ0) is 28.1. The third-order valence-electron chi connectivity index (χ3n) is 14.5. The van der Waals surface area contributed by atoms with E-state index in [1.54, 1.807) is 0 Å². The van der Waals surface area contributed by atoms with Crippen LogP contribution >= 0.6 is 0 Å². The summed E-state index contributed by atoms with van der Waals surface area (Å²) in [5, 5.41) is 12.1. The minimum Gasteiger partial charge on any atom is -0.365 e. The van der Waals surface area contributed by atoms with Crippen molar-refractivity contribution in [2.24, 2.45) is 50.2 Å². The Morgan fingerprint density at radius 3 is 2.21 bits per heavy atom. The SMILES string of the molecule is CC1(C)CC[C@]2(C)CC[C@]3(C)C(=CC[C@@H]4[C@@]5(C)CC[C@](O)(OCc6ccccc6)C(C)(C)C5CC[C@]43C)[C@H]2C1. The Morgan fingerprint density at radius 2 is 1.49 bits per heavy atom. The topological polar surface area (TPSA) is 29.5 Å². The summed E-state index contributed by atoms with van der Waals surface area (Å²) in [6, 6.07) is 10.4. The molecule has 216 valence electrons. The molecule has 2 heteroatoms. The van der Waals surface area contributed by atoms with E-state index in [2.05, 4.69) is 85.7 Å². The van der Waals surface area contributed by atoms with Gasteiger partial charge in [-0.1, -0.05) is 97.4 Å². The van der Waals surface area contributed by atoms with Crippen molar-refractivity contribution in [3.05, 3.63) is 47.5 Å². The van der Waals surface area contributed by atoms with Crippen LogP contribution in [0.5, 0.6) is 0 Å². The zero-order valence-electron chi connectivity index (χ0n) is 26.3. The lowest BCUT2D eigenvalue weighted by Gasteiger charge is -2.72. The van der Waals surface area contributed by atoms with Crippen LogP contribution in [0, 0.1) is 50.2 Å². The first-order valence-corrected chi connectivity index (χ1v) is 16.2. The second-order valence-corrected chi connectivity index (χ2v) is 17.1. The molecule has 0 aliphatic heterocycles. The number of rotatable bonds is 3. The number of hydrogen-bond donors (Lipinski definition) is 1. The molecule has 0 aromatic heterocycles. The highest BCUT2D eigenvalue weighted by Gasteiger charge is 2.70. The number of benzene rings is 1. The summed E-state index contributed by atoms with van der Waals surface area (Å²) in [5.74, 6) is 0.790. The fourth-order valence-corrected chi connectivity index (χ4v) is 11.5. The van der Waals surface area contributed by atoms with E-state index in [4.69, 9.17) is 4.74 Å². The van der Waals surface area contributed by atoms with Crippen LogP contribution in [-0.2, 0) is 11.3 Å². The Kier molecular flexibility index (Phi) is 6.25. The molecule has 4 saturated carbocycles. The lowest BCUT2D eigenvalue weighted by atomic mass is 9.33. The molecule has 4 fully saturated rings. The Balaban J connectivity index is 1.32. The minimum absolute atomic E-state index is 0.219. The summed E-state index contributed by atoms with van der Waals surface area (Å²) < 4.78 is 6.47. The quantitative estimate of drug-likeness (QED) is 0.310. The van der Waals surface area contributed by atoms with E-state index in [9.17, 15) is 5.11 Å². The minimum atomic E-state index is -1.08. The molecule has 0 bridgehead atoms. The fourth-order valence-electron chi connectivity index (χ4n) is 11.5. The second kappa shape index (κ2) is 8.70. The van der Waals surface area contributed by atoms with E-state index in [1.807, 2.05) is 11.6 Å². The predicted octanol–water partition coefficient (Wildman–Crippen LogP) is 9.71. The maximum absolute atomic E-state index is 12.1. The molecule has 2 nitrogen and oxygen atoms in total. The third kappa shape index (κ3) is 3.86. The Morgan fingerprint density at radius 1 is 0.795 bits per heavy atom. The van der Waals surface area contributed by atoms with Gasteiger partial charge in [0.15, 0.2) is 5.79 Å². The molecule has 0 spiro atoms. The van der Waals surface area contributed by atoms with Crippen molar-refractivity contribution in [2.45, 2.75) is 132 Å². The molecule has 5 aliphatic rings. The number of hydrogen-bond acceptors (Lipinski definition) is 2. The van der Waals surface area contributed by atoms with Crippen LogP contribution in [0.3, 0.4) is 0 Å². The van der Waals surface area contributed by atoms with Crippen molar-refractivity contribution < 1.29 is 9.84 Å². The van der Waals surface area contributed by atoms with E-state index in [1.165, 1.54) is 51.4 Å². The molecule has 1 N–H and O–H groups in total. The van der Waals surface area contributed by atoms with Crippen molar-refractivity contribution in [1.82, 2.24) is 0 Å². The van der Waals surface area contributed by atoms with Gasteiger partial charge < -0.3 is 9.84 Å². The van der Waals surface area contributed by atoms with E-state index in [0.29, 0.717) is 40.1 Å². The van der Waals surface area contributed by atoms with Gasteiger partial charge in [0.05, 0.1) is 6.61 Å². The molecule has 1 aromatic rings. The molecule has 8 atom stereocenters. The molecule has 6 rings (SSSR count). The standard InChI is InChI=1S/C37H56O2/c1-31(2)18-19-33(5)20-22-35(7)27(28(33)24-31)14-15-30-34(6)21-23-37(38,39-25-26-12-10-9-11-13-26)32(3,4)29(34)16-17-36(30,35)8/h9-14,28-30,38H,15-25H2,1-8H3/t28-,29?,30-,33-,34+,35-,36-,37+/m1/s1. The van der Waals surface area contributed by atoms with Crippen molar-refractivity contribution in [3.63, 3.8) is 0 Å².